The van der Waals surface area contributed by atoms with Crippen LogP contribution in [0, 0.1) is 11.7 Å². The molecule has 2 heterocycles. The Morgan fingerprint density at radius 1 is 0.946 bits per heavy atom. The SMILES string of the molecule is COc1ccc(F)c(C(=O)C2CC3COCC(C2)N3C(=O)OCC2c3ccccc3-c3ccccc32)c1. The number of benzene rings is 3. The van der Waals surface area contributed by atoms with Gasteiger partial charge in [-0.15, -0.1) is 0 Å². The number of nitrogens with zero attached hydrogens (tertiary/aromatic N) is 1. The molecule has 0 aromatic heterocycles. The number of morpholine rings is 1. The third-order valence-corrected chi connectivity index (χ3v) is 7.88. The lowest BCUT2D eigenvalue weighted by atomic mass is 9.80. The van der Waals surface area contributed by atoms with Crippen molar-refractivity contribution in [3.8, 4) is 16.9 Å². The zero-order valence-corrected chi connectivity index (χ0v) is 20.6. The van der Waals surface area contributed by atoms with E-state index in [1.165, 1.54) is 36.4 Å². The first-order chi connectivity index (χ1) is 18.0. The van der Waals surface area contributed by atoms with Gasteiger partial charge in [0.2, 0.25) is 0 Å². The molecule has 7 heteroatoms. The predicted octanol–water partition coefficient (Wildman–Crippen LogP) is 5.45. The van der Waals surface area contributed by atoms with E-state index in [1.54, 1.807) is 4.90 Å². The van der Waals surface area contributed by atoms with Crippen LogP contribution in [0.25, 0.3) is 11.1 Å². The van der Waals surface area contributed by atoms with Crippen LogP contribution in [-0.2, 0) is 9.47 Å². The lowest BCUT2D eigenvalue weighted by molar-refractivity contribution is -0.0748. The van der Waals surface area contributed by atoms with Crippen LogP contribution < -0.4 is 4.74 Å². The van der Waals surface area contributed by atoms with Crippen molar-refractivity contribution in [2.24, 2.45) is 5.92 Å². The second kappa shape index (κ2) is 9.63. The summed E-state index contributed by atoms with van der Waals surface area (Å²) in [5, 5.41) is 0. The Labute approximate surface area is 214 Å². The molecule has 190 valence electrons. The Balaban J connectivity index is 1.17. The maximum atomic E-state index is 14.5. The summed E-state index contributed by atoms with van der Waals surface area (Å²) in [5.41, 5.74) is 4.69. The highest BCUT2D eigenvalue weighted by Gasteiger charge is 2.45. The molecule has 3 aromatic rings. The molecule has 0 spiro atoms. The molecule has 2 saturated heterocycles. The summed E-state index contributed by atoms with van der Waals surface area (Å²) < 4.78 is 31.3. The van der Waals surface area contributed by atoms with E-state index >= 15 is 0 Å². The molecular weight excluding hydrogens is 473 g/mol. The summed E-state index contributed by atoms with van der Waals surface area (Å²) in [6.07, 6.45) is 0.408. The van der Waals surface area contributed by atoms with Gasteiger partial charge in [0.25, 0.3) is 0 Å². The first-order valence-electron chi connectivity index (χ1n) is 12.6. The van der Waals surface area contributed by atoms with Gasteiger partial charge < -0.3 is 14.2 Å². The second-order valence-corrected chi connectivity index (χ2v) is 9.93. The molecule has 3 aromatic carbocycles. The molecule has 1 aliphatic carbocycles. The average Bonchev–Trinajstić information content (AvgIpc) is 3.24. The third-order valence-electron chi connectivity index (χ3n) is 7.88. The van der Waals surface area contributed by atoms with E-state index in [2.05, 4.69) is 24.3 Å². The van der Waals surface area contributed by atoms with Crippen molar-refractivity contribution < 1.29 is 28.2 Å². The lowest BCUT2D eigenvalue weighted by Gasteiger charge is -2.47. The zero-order chi connectivity index (χ0) is 25.5. The number of carbonyl (C=O) groups excluding carboxylic acids is 2. The molecule has 1 amide bonds. The molecular formula is C30H28FNO5. The number of amides is 1. The van der Waals surface area contributed by atoms with Gasteiger partial charge in [-0.1, -0.05) is 48.5 Å². The fourth-order valence-electron chi connectivity index (χ4n) is 6.14. The number of Topliss-reactive ketones (excluding diaryl/α,β-unsaturated/α-hetero) is 1. The number of rotatable bonds is 5. The third kappa shape index (κ3) is 4.17. The van der Waals surface area contributed by atoms with Crippen molar-refractivity contribution in [3.05, 3.63) is 89.2 Å². The summed E-state index contributed by atoms with van der Waals surface area (Å²) in [6, 6.07) is 20.0. The monoisotopic (exact) mass is 501 g/mol. The molecule has 37 heavy (non-hydrogen) atoms. The Kier molecular flexibility index (Phi) is 6.16. The molecule has 0 radical (unpaired) electrons. The van der Waals surface area contributed by atoms with Gasteiger partial charge in [0.15, 0.2) is 5.78 Å². The van der Waals surface area contributed by atoms with Crippen molar-refractivity contribution in [2.75, 3.05) is 26.9 Å². The number of hydrogen-bond donors (Lipinski definition) is 0. The Morgan fingerprint density at radius 2 is 1.57 bits per heavy atom. The average molecular weight is 502 g/mol. The highest BCUT2D eigenvalue weighted by atomic mass is 19.1. The summed E-state index contributed by atoms with van der Waals surface area (Å²) >= 11 is 0. The van der Waals surface area contributed by atoms with Crippen LogP contribution in [0.4, 0.5) is 9.18 Å². The van der Waals surface area contributed by atoms with Gasteiger partial charge in [-0.05, 0) is 53.3 Å². The van der Waals surface area contributed by atoms with E-state index in [0.29, 0.717) is 31.8 Å². The van der Waals surface area contributed by atoms with Gasteiger partial charge >= 0.3 is 6.09 Å². The van der Waals surface area contributed by atoms with Gasteiger partial charge in [-0.3, -0.25) is 9.69 Å². The van der Waals surface area contributed by atoms with Gasteiger partial charge in [-0.2, -0.15) is 0 Å². The molecule has 2 atom stereocenters. The van der Waals surface area contributed by atoms with Crippen LogP contribution in [0.3, 0.4) is 0 Å². The smallest absolute Gasteiger partial charge is 0.410 e. The lowest BCUT2D eigenvalue weighted by Crippen LogP contribution is -2.60. The van der Waals surface area contributed by atoms with E-state index in [4.69, 9.17) is 14.2 Å². The molecule has 6 nitrogen and oxygen atoms in total. The van der Waals surface area contributed by atoms with Gasteiger partial charge in [0, 0.05) is 11.8 Å². The van der Waals surface area contributed by atoms with Crippen molar-refractivity contribution in [1.29, 1.82) is 0 Å². The fourth-order valence-corrected chi connectivity index (χ4v) is 6.14. The first kappa shape index (κ1) is 23.7. The number of ketones is 1. The molecule has 2 bridgehead atoms. The molecule has 2 aliphatic heterocycles. The minimum atomic E-state index is -0.564. The summed E-state index contributed by atoms with van der Waals surface area (Å²) in [7, 11) is 1.48. The maximum absolute atomic E-state index is 14.5. The number of ether oxygens (including phenoxy) is 3. The van der Waals surface area contributed by atoms with Gasteiger partial charge in [0.05, 0.1) is 38.0 Å². The number of halogens is 1. The van der Waals surface area contributed by atoms with E-state index in [-0.39, 0.29) is 36.0 Å². The van der Waals surface area contributed by atoms with Crippen LogP contribution in [0.15, 0.2) is 66.7 Å². The van der Waals surface area contributed by atoms with Crippen molar-refractivity contribution >= 4 is 11.9 Å². The van der Waals surface area contributed by atoms with Crippen LogP contribution >= 0.6 is 0 Å². The van der Waals surface area contributed by atoms with Crippen LogP contribution in [0.5, 0.6) is 5.75 Å². The number of fused-ring (bicyclic) bond motifs is 5. The summed E-state index contributed by atoms with van der Waals surface area (Å²) in [4.78, 5) is 28.4. The Bertz CT molecular complexity index is 1300. The maximum Gasteiger partial charge on any atom is 0.410 e. The van der Waals surface area contributed by atoms with Crippen LogP contribution in [0.2, 0.25) is 0 Å². The molecule has 2 fully saturated rings. The van der Waals surface area contributed by atoms with E-state index in [0.717, 1.165) is 11.1 Å². The molecule has 0 saturated carbocycles. The van der Waals surface area contributed by atoms with Crippen molar-refractivity contribution in [1.82, 2.24) is 4.90 Å². The summed E-state index contributed by atoms with van der Waals surface area (Å²) in [5.74, 6) is -0.822. The van der Waals surface area contributed by atoms with E-state index in [1.807, 2.05) is 24.3 Å². The Hall–Kier alpha value is -3.71. The second-order valence-electron chi connectivity index (χ2n) is 9.93. The molecule has 0 N–H and O–H groups in total. The van der Waals surface area contributed by atoms with Crippen molar-refractivity contribution in [3.63, 3.8) is 0 Å². The molecule has 3 aliphatic rings. The number of carbonyl (C=O) groups is 2. The van der Waals surface area contributed by atoms with E-state index in [9.17, 15) is 14.0 Å². The Morgan fingerprint density at radius 3 is 2.19 bits per heavy atom. The standard InChI is InChI=1S/C30H28FNO5/c1-35-21-10-11-28(31)26(14-21)29(33)18-12-19-15-36-16-20(13-18)32(19)30(34)37-17-27-24-8-4-2-6-22(24)23-7-3-5-9-25(23)27/h2-11,14,18-20,27H,12-13,15-17H2,1H3. The highest BCUT2D eigenvalue weighted by molar-refractivity contribution is 5.98. The number of hydrogen-bond acceptors (Lipinski definition) is 5. The minimum Gasteiger partial charge on any atom is -0.497 e. The van der Waals surface area contributed by atoms with E-state index < -0.39 is 17.8 Å². The van der Waals surface area contributed by atoms with Gasteiger partial charge in [0.1, 0.15) is 18.2 Å². The normalized spacial score (nSPS) is 22.2. The van der Waals surface area contributed by atoms with Gasteiger partial charge in [-0.25, -0.2) is 9.18 Å². The fraction of sp³-hybridized carbons (Fsp3) is 0.333. The van der Waals surface area contributed by atoms with Crippen LogP contribution in [-0.4, -0.2) is 55.8 Å². The van der Waals surface area contributed by atoms with Crippen LogP contribution in [0.1, 0.15) is 40.2 Å². The number of methoxy groups -OCH3 is 1. The minimum absolute atomic E-state index is 0.0254. The topological polar surface area (TPSA) is 65.1 Å². The largest absolute Gasteiger partial charge is 0.497 e. The molecule has 2 unspecified atom stereocenters. The van der Waals surface area contributed by atoms with Crippen molar-refractivity contribution in [2.45, 2.75) is 30.8 Å². The quantitative estimate of drug-likeness (QED) is 0.436. The zero-order valence-electron chi connectivity index (χ0n) is 20.6. The molecule has 6 rings (SSSR count). The predicted molar refractivity (Wildman–Crippen MR) is 135 cm³/mol. The number of piperidine rings is 1. The first-order valence-corrected chi connectivity index (χ1v) is 12.6. The highest BCUT2D eigenvalue weighted by Crippen LogP contribution is 2.45. The summed E-state index contributed by atoms with van der Waals surface area (Å²) in [6.45, 7) is 0.886.